The number of halogens is 1. The second kappa shape index (κ2) is 16.7. The number of ether oxygens (including phenoxy) is 3. The number of hydrogen-bond donors (Lipinski definition) is 2. The monoisotopic (exact) mass is 511 g/mol. The Morgan fingerprint density at radius 1 is 1.18 bits per heavy atom. The summed E-state index contributed by atoms with van der Waals surface area (Å²) in [6.07, 6.45) is 8.90. The molecule has 2 atom stereocenters. The molecule has 28 heavy (non-hydrogen) atoms. The predicted octanol–water partition coefficient (Wildman–Crippen LogP) is 3.59. The van der Waals surface area contributed by atoms with Crippen LogP contribution in [0.2, 0.25) is 0 Å². The van der Waals surface area contributed by atoms with Crippen LogP contribution >= 0.6 is 24.0 Å². The maximum absolute atomic E-state index is 6.01. The number of aliphatic imine (C=N–C) groups is 1. The average molecular weight is 511 g/mol. The molecule has 6 nitrogen and oxygen atoms in total. The van der Waals surface area contributed by atoms with E-state index >= 15 is 0 Å². The van der Waals surface area contributed by atoms with Crippen molar-refractivity contribution >= 4 is 29.9 Å². The fourth-order valence-corrected chi connectivity index (χ4v) is 4.00. The molecule has 0 aromatic rings. The molecule has 0 aromatic heterocycles. The summed E-state index contributed by atoms with van der Waals surface area (Å²) in [4.78, 5) is 4.67. The molecule has 2 unspecified atom stereocenters. The molecular weight excluding hydrogens is 469 g/mol. The van der Waals surface area contributed by atoms with Crippen LogP contribution in [0.4, 0.5) is 0 Å². The zero-order valence-corrected chi connectivity index (χ0v) is 20.2. The Bertz CT molecular complexity index is 400. The van der Waals surface area contributed by atoms with Crippen molar-refractivity contribution in [3.63, 3.8) is 0 Å². The van der Waals surface area contributed by atoms with E-state index in [0.717, 1.165) is 83.8 Å². The van der Waals surface area contributed by atoms with Crippen LogP contribution in [0.5, 0.6) is 0 Å². The van der Waals surface area contributed by atoms with E-state index in [1.807, 2.05) is 0 Å². The highest BCUT2D eigenvalue weighted by Crippen LogP contribution is 2.30. The van der Waals surface area contributed by atoms with E-state index in [1.165, 1.54) is 25.7 Å². The van der Waals surface area contributed by atoms with Crippen molar-refractivity contribution in [1.29, 1.82) is 0 Å². The molecule has 2 aliphatic rings. The lowest BCUT2D eigenvalue weighted by Crippen LogP contribution is -2.39. The molecule has 2 fully saturated rings. The second-order valence-electron chi connectivity index (χ2n) is 7.67. The van der Waals surface area contributed by atoms with Crippen LogP contribution in [0.15, 0.2) is 4.99 Å². The highest BCUT2D eigenvalue weighted by atomic mass is 127. The van der Waals surface area contributed by atoms with E-state index in [9.17, 15) is 0 Å². The molecule has 2 N–H and O–H groups in total. The molecule has 1 aliphatic carbocycles. The zero-order chi connectivity index (χ0) is 19.2. The lowest BCUT2D eigenvalue weighted by atomic mass is 9.98. The number of hydrogen-bond acceptors (Lipinski definition) is 4. The van der Waals surface area contributed by atoms with Gasteiger partial charge in [0, 0.05) is 45.4 Å². The second-order valence-corrected chi connectivity index (χ2v) is 7.67. The van der Waals surface area contributed by atoms with Crippen LogP contribution in [0.25, 0.3) is 0 Å². The summed E-state index contributed by atoms with van der Waals surface area (Å²) in [5, 5.41) is 6.80. The third-order valence-electron chi connectivity index (χ3n) is 5.47. The first-order chi connectivity index (χ1) is 13.3. The van der Waals surface area contributed by atoms with Crippen LogP contribution in [-0.2, 0) is 14.2 Å². The summed E-state index contributed by atoms with van der Waals surface area (Å²) >= 11 is 0. The van der Waals surface area contributed by atoms with Gasteiger partial charge >= 0.3 is 0 Å². The van der Waals surface area contributed by atoms with Gasteiger partial charge in [-0.05, 0) is 51.9 Å². The van der Waals surface area contributed by atoms with Crippen LogP contribution in [0.3, 0.4) is 0 Å². The standard InChI is InChI=1S/C21H41N3O3.HI/c1-3-22-21(23-12-7-14-25-16-18-11-15-26-17-18)24-13-10-20(27-4-2)19-8-5-6-9-19;/h18-20H,3-17H2,1-2H3,(H2,22,23,24);1H. The zero-order valence-electron chi connectivity index (χ0n) is 17.9. The van der Waals surface area contributed by atoms with Gasteiger partial charge in [-0.15, -0.1) is 24.0 Å². The summed E-state index contributed by atoms with van der Waals surface area (Å²) in [6, 6.07) is 0. The van der Waals surface area contributed by atoms with Crippen LogP contribution in [0, 0.1) is 11.8 Å². The molecule has 2 rings (SSSR count). The Labute approximate surface area is 189 Å². The number of nitrogens with zero attached hydrogens (tertiary/aromatic N) is 1. The van der Waals surface area contributed by atoms with E-state index in [-0.39, 0.29) is 24.0 Å². The lowest BCUT2D eigenvalue weighted by Gasteiger charge is -2.24. The van der Waals surface area contributed by atoms with Gasteiger partial charge in [0.2, 0.25) is 0 Å². The quantitative estimate of drug-likeness (QED) is 0.171. The Morgan fingerprint density at radius 3 is 2.68 bits per heavy atom. The molecule has 166 valence electrons. The van der Waals surface area contributed by atoms with Crippen molar-refractivity contribution in [2.75, 3.05) is 52.7 Å². The van der Waals surface area contributed by atoms with Crippen LogP contribution in [-0.4, -0.2) is 64.7 Å². The molecule has 0 amide bonds. The van der Waals surface area contributed by atoms with Crippen molar-refractivity contribution in [2.45, 2.75) is 64.9 Å². The molecule has 1 aliphatic heterocycles. The maximum atomic E-state index is 6.01. The third-order valence-corrected chi connectivity index (χ3v) is 5.47. The smallest absolute Gasteiger partial charge is 0.191 e. The molecular formula is C21H42IN3O3. The van der Waals surface area contributed by atoms with Crippen molar-refractivity contribution in [3.8, 4) is 0 Å². The Morgan fingerprint density at radius 2 is 2.00 bits per heavy atom. The van der Waals surface area contributed by atoms with Gasteiger partial charge in [-0.25, -0.2) is 0 Å². The Balaban J connectivity index is 0.00000392. The fourth-order valence-electron chi connectivity index (χ4n) is 4.00. The third kappa shape index (κ3) is 10.6. The van der Waals surface area contributed by atoms with E-state index in [0.29, 0.717) is 12.0 Å². The minimum absolute atomic E-state index is 0. The Kier molecular flexibility index (Phi) is 15.4. The van der Waals surface area contributed by atoms with Gasteiger partial charge in [0.05, 0.1) is 19.3 Å². The minimum Gasteiger partial charge on any atom is -0.381 e. The summed E-state index contributed by atoms with van der Waals surface area (Å²) in [6.45, 7) is 10.9. The summed E-state index contributed by atoms with van der Waals surface area (Å²) < 4.78 is 17.1. The molecule has 1 saturated carbocycles. The minimum atomic E-state index is 0. The van der Waals surface area contributed by atoms with Gasteiger partial charge in [-0.2, -0.15) is 0 Å². The molecule has 7 heteroatoms. The topological polar surface area (TPSA) is 64.1 Å². The van der Waals surface area contributed by atoms with Gasteiger partial charge in [-0.1, -0.05) is 12.8 Å². The van der Waals surface area contributed by atoms with E-state index < -0.39 is 0 Å². The van der Waals surface area contributed by atoms with Gasteiger partial charge < -0.3 is 24.8 Å². The van der Waals surface area contributed by atoms with Gasteiger partial charge in [-0.3, -0.25) is 4.99 Å². The molecule has 1 heterocycles. The van der Waals surface area contributed by atoms with Crippen LogP contribution in [0.1, 0.15) is 58.8 Å². The van der Waals surface area contributed by atoms with Gasteiger partial charge in [0.1, 0.15) is 0 Å². The van der Waals surface area contributed by atoms with Crippen molar-refractivity contribution in [2.24, 2.45) is 16.8 Å². The first kappa shape index (κ1) is 25.9. The first-order valence-electron chi connectivity index (χ1n) is 11.1. The van der Waals surface area contributed by atoms with Gasteiger partial charge in [0.15, 0.2) is 5.96 Å². The number of guanidine groups is 1. The normalized spacial score (nSPS) is 21.5. The molecule has 0 radical (unpaired) electrons. The highest BCUT2D eigenvalue weighted by molar-refractivity contribution is 14.0. The summed E-state index contributed by atoms with van der Waals surface area (Å²) in [5.41, 5.74) is 0. The average Bonchev–Trinajstić information content (AvgIpc) is 3.37. The molecule has 0 aromatic carbocycles. The van der Waals surface area contributed by atoms with E-state index in [1.54, 1.807) is 0 Å². The molecule has 1 saturated heterocycles. The van der Waals surface area contributed by atoms with E-state index in [2.05, 4.69) is 29.5 Å². The fraction of sp³-hybridized carbons (Fsp3) is 0.952. The van der Waals surface area contributed by atoms with Gasteiger partial charge in [0.25, 0.3) is 0 Å². The largest absolute Gasteiger partial charge is 0.381 e. The first-order valence-corrected chi connectivity index (χ1v) is 11.1. The number of nitrogens with one attached hydrogen (secondary N) is 2. The van der Waals surface area contributed by atoms with Crippen LogP contribution < -0.4 is 10.6 Å². The lowest BCUT2D eigenvalue weighted by molar-refractivity contribution is 0.0169. The molecule has 0 spiro atoms. The van der Waals surface area contributed by atoms with Crippen molar-refractivity contribution in [3.05, 3.63) is 0 Å². The predicted molar refractivity (Wildman–Crippen MR) is 126 cm³/mol. The Hall–Kier alpha value is -0.120. The van der Waals surface area contributed by atoms with Crippen molar-refractivity contribution in [1.82, 2.24) is 10.6 Å². The highest BCUT2D eigenvalue weighted by Gasteiger charge is 2.25. The maximum Gasteiger partial charge on any atom is 0.191 e. The van der Waals surface area contributed by atoms with E-state index in [4.69, 9.17) is 14.2 Å². The summed E-state index contributed by atoms with van der Waals surface area (Å²) in [7, 11) is 0. The SMILES string of the molecule is CCNC(=NCCCOCC1CCOC1)NCCC(OCC)C1CCCC1.I. The number of rotatable bonds is 13. The van der Waals surface area contributed by atoms with Crippen molar-refractivity contribution < 1.29 is 14.2 Å². The summed E-state index contributed by atoms with van der Waals surface area (Å²) in [5.74, 6) is 2.24. The molecule has 0 bridgehead atoms.